The van der Waals surface area contributed by atoms with Crippen molar-refractivity contribution in [3.63, 3.8) is 0 Å². The first-order chi connectivity index (χ1) is 7.76. The fraction of sp³-hybridized carbons (Fsp3) is 0.167. The molecule has 0 aliphatic carbocycles. The summed E-state index contributed by atoms with van der Waals surface area (Å²) in [5, 5.41) is 6.79. The number of nitrogens with zero attached hydrogens (tertiary/aromatic N) is 1. The second-order valence-corrected chi connectivity index (χ2v) is 4.37. The summed E-state index contributed by atoms with van der Waals surface area (Å²) in [5.41, 5.74) is 3.59. The second-order valence-electron chi connectivity index (χ2n) is 3.52. The molecule has 0 spiro atoms. The van der Waals surface area contributed by atoms with Gasteiger partial charge in [0.25, 0.3) is 0 Å². The van der Waals surface area contributed by atoms with Gasteiger partial charge >= 0.3 is 0 Å². The lowest BCUT2D eigenvalue weighted by molar-refractivity contribution is 0.112. The standard InChI is InChI=1S/C12H12N2OS/c1-8-3-4-11(16-2)10(5-8)12-9(7-15)6-13-14-12/h3-7H,1-2H3,(H,13,14). The third-order valence-electron chi connectivity index (χ3n) is 2.42. The third-order valence-corrected chi connectivity index (χ3v) is 3.22. The van der Waals surface area contributed by atoms with Crippen molar-refractivity contribution in [3.8, 4) is 11.3 Å². The van der Waals surface area contributed by atoms with E-state index in [1.807, 2.05) is 13.2 Å². The molecule has 0 fully saturated rings. The molecule has 0 bridgehead atoms. The Kier molecular flexibility index (Phi) is 3.10. The van der Waals surface area contributed by atoms with E-state index in [0.29, 0.717) is 5.56 Å². The average molecular weight is 232 g/mol. The van der Waals surface area contributed by atoms with E-state index in [4.69, 9.17) is 0 Å². The van der Waals surface area contributed by atoms with E-state index in [1.165, 1.54) is 5.56 Å². The Hall–Kier alpha value is -1.55. The van der Waals surface area contributed by atoms with Crippen molar-refractivity contribution in [2.24, 2.45) is 0 Å². The fourth-order valence-corrected chi connectivity index (χ4v) is 2.20. The highest BCUT2D eigenvalue weighted by atomic mass is 32.2. The highest BCUT2D eigenvalue weighted by Crippen LogP contribution is 2.31. The maximum Gasteiger partial charge on any atom is 0.153 e. The molecule has 0 amide bonds. The highest BCUT2D eigenvalue weighted by Gasteiger charge is 2.11. The van der Waals surface area contributed by atoms with Gasteiger partial charge in [-0.2, -0.15) is 5.10 Å². The highest BCUT2D eigenvalue weighted by molar-refractivity contribution is 7.98. The van der Waals surface area contributed by atoms with Gasteiger partial charge in [0.2, 0.25) is 0 Å². The Morgan fingerprint density at radius 2 is 2.25 bits per heavy atom. The molecule has 0 unspecified atom stereocenters. The van der Waals surface area contributed by atoms with Gasteiger partial charge in [0.05, 0.1) is 17.5 Å². The van der Waals surface area contributed by atoms with Crippen LogP contribution in [-0.2, 0) is 0 Å². The van der Waals surface area contributed by atoms with Crippen LogP contribution in [0.4, 0.5) is 0 Å². The Morgan fingerprint density at radius 1 is 1.44 bits per heavy atom. The van der Waals surface area contributed by atoms with Gasteiger partial charge in [-0.15, -0.1) is 11.8 Å². The normalized spacial score (nSPS) is 10.4. The largest absolute Gasteiger partial charge is 0.298 e. The number of benzene rings is 1. The predicted molar refractivity (Wildman–Crippen MR) is 65.9 cm³/mol. The zero-order valence-electron chi connectivity index (χ0n) is 9.15. The number of nitrogens with one attached hydrogen (secondary N) is 1. The molecule has 2 aromatic rings. The SMILES string of the molecule is CSc1ccc(C)cc1-c1[nH]ncc1C=O. The Balaban J connectivity index is 2.62. The molecular formula is C12H12N2OS. The Morgan fingerprint density at radius 3 is 2.94 bits per heavy atom. The van der Waals surface area contributed by atoms with E-state index in [9.17, 15) is 4.79 Å². The van der Waals surface area contributed by atoms with Gasteiger partial charge in [-0.3, -0.25) is 9.89 Å². The number of rotatable bonds is 3. The molecule has 1 N–H and O–H groups in total. The maximum absolute atomic E-state index is 10.9. The summed E-state index contributed by atoms with van der Waals surface area (Å²) in [4.78, 5) is 12.0. The van der Waals surface area contributed by atoms with E-state index in [2.05, 4.69) is 28.4 Å². The van der Waals surface area contributed by atoms with Gasteiger partial charge in [-0.1, -0.05) is 11.6 Å². The van der Waals surface area contributed by atoms with E-state index in [1.54, 1.807) is 18.0 Å². The van der Waals surface area contributed by atoms with Crippen LogP contribution < -0.4 is 0 Å². The van der Waals surface area contributed by atoms with Gasteiger partial charge in [0, 0.05) is 10.5 Å². The van der Waals surface area contributed by atoms with E-state index in [-0.39, 0.29) is 0 Å². The number of carbonyl (C=O) groups excluding carboxylic acids is 1. The molecule has 2 rings (SSSR count). The van der Waals surface area contributed by atoms with Crippen LogP contribution in [0.25, 0.3) is 11.3 Å². The fourth-order valence-electron chi connectivity index (χ4n) is 1.62. The summed E-state index contributed by atoms with van der Waals surface area (Å²) in [6.07, 6.45) is 4.39. The van der Waals surface area contributed by atoms with Crippen LogP contribution in [0, 0.1) is 6.92 Å². The average Bonchev–Trinajstić information content (AvgIpc) is 2.76. The monoisotopic (exact) mass is 232 g/mol. The maximum atomic E-state index is 10.9. The number of carbonyl (C=O) groups is 1. The first-order valence-electron chi connectivity index (χ1n) is 4.90. The van der Waals surface area contributed by atoms with Crippen LogP contribution in [0.5, 0.6) is 0 Å². The molecule has 1 heterocycles. The number of hydrogen-bond acceptors (Lipinski definition) is 3. The van der Waals surface area contributed by atoms with Gasteiger partial charge in [0.1, 0.15) is 0 Å². The first kappa shape index (κ1) is 11.0. The van der Waals surface area contributed by atoms with Crippen LogP contribution in [-0.4, -0.2) is 22.7 Å². The molecule has 1 aromatic heterocycles. The summed E-state index contributed by atoms with van der Waals surface area (Å²) in [6, 6.07) is 6.18. The van der Waals surface area contributed by atoms with E-state index >= 15 is 0 Å². The molecule has 0 saturated carbocycles. The van der Waals surface area contributed by atoms with Crippen LogP contribution in [0.2, 0.25) is 0 Å². The number of aryl methyl sites for hydroxylation is 1. The number of aromatic nitrogens is 2. The van der Waals surface area contributed by atoms with Gasteiger partial charge in [0.15, 0.2) is 6.29 Å². The number of H-pyrrole nitrogens is 1. The van der Waals surface area contributed by atoms with Gasteiger partial charge < -0.3 is 0 Å². The summed E-state index contributed by atoms with van der Waals surface area (Å²) in [7, 11) is 0. The van der Waals surface area contributed by atoms with Crippen molar-refractivity contribution in [1.82, 2.24) is 10.2 Å². The van der Waals surface area contributed by atoms with Crippen molar-refractivity contribution in [2.75, 3.05) is 6.26 Å². The first-order valence-corrected chi connectivity index (χ1v) is 6.12. The molecule has 0 radical (unpaired) electrons. The third kappa shape index (κ3) is 1.88. The van der Waals surface area contributed by atoms with Crippen LogP contribution in [0.3, 0.4) is 0 Å². The molecule has 0 saturated heterocycles. The molecule has 0 aliphatic heterocycles. The smallest absolute Gasteiger partial charge is 0.153 e. The minimum atomic E-state index is 0.598. The van der Waals surface area contributed by atoms with Crippen LogP contribution >= 0.6 is 11.8 Å². The lowest BCUT2D eigenvalue weighted by Gasteiger charge is -2.07. The molecular weight excluding hydrogens is 220 g/mol. The summed E-state index contributed by atoms with van der Waals surface area (Å²) in [6.45, 7) is 2.03. The molecule has 82 valence electrons. The second kappa shape index (κ2) is 4.53. The molecule has 0 aliphatic rings. The number of aromatic amines is 1. The van der Waals surface area contributed by atoms with Gasteiger partial charge in [-0.25, -0.2) is 0 Å². The van der Waals surface area contributed by atoms with Crippen LogP contribution in [0.15, 0.2) is 29.3 Å². The Labute approximate surface area is 98.3 Å². The van der Waals surface area contributed by atoms with Crippen molar-refractivity contribution < 1.29 is 4.79 Å². The molecule has 1 aromatic carbocycles. The minimum Gasteiger partial charge on any atom is -0.298 e. The quantitative estimate of drug-likeness (QED) is 0.653. The lowest BCUT2D eigenvalue weighted by Crippen LogP contribution is -1.88. The van der Waals surface area contributed by atoms with E-state index < -0.39 is 0 Å². The zero-order chi connectivity index (χ0) is 11.5. The van der Waals surface area contributed by atoms with Crippen molar-refractivity contribution in [2.45, 2.75) is 11.8 Å². The molecule has 16 heavy (non-hydrogen) atoms. The Bertz CT molecular complexity index is 519. The van der Waals surface area contributed by atoms with Crippen molar-refractivity contribution >= 4 is 18.0 Å². The van der Waals surface area contributed by atoms with Crippen molar-refractivity contribution in [3.05, 3.63) is 35.5 Å². The molecule has 3 nitrogen and oxygen atoms in total. The zero-order valence-corrected chi connectivity index (χ0v) is 9.97. The minimum absolute atomic E-state index is 0.598. The number of aldehydes is 1. The predicted octanol–water partition coefficient (Wildman–Crippen LogP) is 2.92. The summed E-state index contributed by atoms with van der Waals surface area (Å²) >= 11 is 1.66. The summed E-state index contributed by atoms with van der Waals surface area (Å²) < 4.78 is 0. The van der Waals surface area contributed by atoms with E-state index in [0.717, 1.165) is 22.4 Å². The summed E-state index contributed by atoms with van der Waals surface area (Å²) in [5.74, 6) is 0. The van der Waals surface area contributed by atoms with Gasteiger partial charge in [-0.05, 0) is 25.3 Å². The van der Waals surface area contributed by atoms with Crippen LogP contribution in [0.1, 0.15) is 15.9 Å². The molecule has 0 atom stereocenters. The number of thioether (sulfide) groups is 1. The van der Waals surface area contributed by atoms with Crippen molar-refractivity contribution in [1.29, 1.82) is 0 Å². The number of hydrogen-bond donors (Lipinski definition) is 1. The topological polar surface area (TPSA) is 45.8 Å². The lowest BCUT2D eigenvalue weighted by atomic mass is 10.1. The molecule has 4 heteroatoms.